The SMILES string of the molecule is CC(C)(C)c1ccc(NC(=O)Nc2ccc3c(c2)N(C(=O)c2cccs2)CC3)cc1. The summed E-state index contributed by atoms with van der Waals surface area (Å²) in [5.41, 5.74) is 4.64. The monoisotopic (exact) mass is 419 g/mol. The fourth-order valence-corrected chi connectivity index (χ4v) is 4.22. The summed E-state index contributed by atoms with van der Waals surface area (Å²) in [6.07, 6.45) is 0.819. The van der Waals surface area contributed by atoms with Gasteiger partial charge in [-0.15, -0.1) is 11.3 Å². The first kappa shape index (κ1) is 20.2. The normalized spacial score (nSPS) is 13.1. The minimum Gasteiger partial charge on any atom is -0.308 e. The van der Waals surface area contributed by atoms with Crippen molar-refractivity contribution in [3.63, 3.8) is 0 Å². The van der Waals surface area contributed by atoms with Gasteiger partial charge in [-0.05, 0) is 58.7 Å². The van der Waals surface area contributed by atoms with Crippen LogP contribution in [-0.2, 0) is 11.8 Å². The quantitative estimate of drug-likeness (QED) is 0.556. The molecule has 3 amide bonds. The van der Waals surface area contributed by atoms with Crippen LogP contribution in [0.25, 0.3) is 0 Å². The fourth-order valence-electron chi connectivity index (χ4n) is 3.55. The zero-order valence-corrected chi connectivity index (χ0v) is 18.2. The topological polar surface area (TPSA) is 61.4 Å². The molecule has 0 spiro atoms. The van der Waals surface area contributed by atoms with Gasteiger partial charge < -0.3 is 15.5 Å². The smallest absolute Gasteiger partial charge is 0.308 e. The number of hydrogen-bond acceptors (Lipinski definition) is 3. The molecule has 3 aromatic rings. The molecule has 0 bridgehead atoms. The molecule has 0 radical (unpaired) electrons. The van der Waals surface area contributed by atoms with Crippen molar-refractivity contribution in [3.05, 3.63) is 76.0 Å². The Morgan fingerprint density at radius 2 is 1.67 bits per heavy atom. The van der Waals surface area contributed by atoms with Gasteiger partial charge in [0.1, 0.15) is 0 Å². The fraction of sp³-hybridized carbons (Fsp3) is 0.250. The van der Waals surface area contributed by atoms with Crippen molar-refractivity contribution in [1.82, 2.24) is 0 Å². The molecule has 0 atom stereocenters. The molecular formula is C24H25N3O2S. The number of fused-ring (bicyclic) bond motifs is 1. The number of anilines is 3. The summed E-state index contributed by atoms with van der Waals surface area (Å²) < 4.78 is 0. The Hall–Kier alpha value is -3.12. The van der Waals surface area contributed by atoms with Crippen molar-refractivity contribution in [2.24, 2.45) is 0 Å². The van der Waals surface area contributed by atoms with Gasteiger partial charge >= 0.3 is 6.03 Å². The Morgan fingerprint density at radius 3 is 2.33 bits per heavy atom. The Kier molecular flexibility index (Phi) is 5.35. The number of benzene rings is 2. The third-order valence-electron chi connectivity index (χ3n) is 5.22. The van der Waals surface area contributed by atoms with Crippen molar-refractivity contribution in [2.45, 2.75) is 32.6 Å². The number of rotatable bonds is 3. The molecule has 154 valence electrons. The van der Waals surface area contributed by atoms with Crippen molar-refractivity contribution in [2.75, 3.05) is 22.1 Å². The van der Waals surface area contributed by atoms with E-state index in [1.165, 1.54) is 16.9 Å². The standard InChI is InChI=1S/C24H25N3O2S/c1-24(2,3)17-7-10-18(11-8-17)25-23(29)26-19-9-6-16-12-13-27(20(16)15-19)22(28)21-5-4-14-30-21/h4-11,14-15H,12-13H2,1-3H3,(H2,25,26,29). The lowest BCUT2D eigenvalue weighted by Gasteiger charge is -2.19. The third-order valence-corrected chi connectivity index (χ3v) is 6.08. The Morgan fingerprint density at radius 1 is 0.967 bits per heavy atom. The van der Waals surface area contributed by atoms with Crippen LogP contribution in [0.5, 0.6) is 0 Å². The van der Waals surface area contributed by atoms with E-state index in [4.69, 9.17) is 0 Å². The number of thiophene rings is 1. The highest BCUT2D eigenvalue weighted by atomic mass is 32.1. The van der Waals surface area contributed by atoms with Crippen LogP contribution < -0.4 is 15.5 Å². The Labute approximate surface area is 180 Å². The van der Waals surface area contributed by atoms with Gasteiger partial charge in [-0.3, -0.25) is 4.79 Å². The van der Waals surface area contributed by atoms with Crippen LogP contribution in [0.4, 0.5) is 21.9 Å². The number of amides is 3. The molecule has 4 rings (SSSR count). The molecule has 0 fully saturated rings. The first-order chi connectivity index (χ1) is 14.3. The number of nitrogens with zero attached hydrogens (tertiary/aromatic N) is 1. The van der Waals surface area contributed by atoms with Crippen LogP contribution >= 0.6 is 11.3 Å². The van der Waals surface area contributed by atoms with Crippen LogP contribution in [0.1, 0.15) is 41.6 Å². The van der Waals surface area contributed by atoms with Crippen LogP contribution in [0.2, 0.25) is 0 Å². The molecule has 2 aromatic carbocycles. The molecule has 0 saturated heterocycles. The van der Waals surface area contributed by atoms with E-state index in [2.05, 4.69) is 31.4 Å². The van der Waals surface area contributed by atoms with E-state index in [-0.39, 0.29) is 17.4 Å². The summed E-state index contributed by atoms with van der Waals surface area (Å²) in [5.74, 6) is 0.00397. The molecule has 1 aliphatic rings. The summed E-state index contributed by atoms with van der Waals surface area (Å²) in [6.45, 7) is 7.12. The minimum absolute atomic E-state index is 0.00397. The molecular weight excluding hydrogens is 394 g/mol. The van der Waals surface area contributed by atoms with Gasteiger partial charge in [0.2, 0.25) is 0 Å². The third kappa shape index (κ3) is 4.24. The van der Waals surface area contributed by atoms with Crippen LogP contribution in [0.3, 0.4) is 0 Å². The maximum absolute atomic E-state index is 12.8. The lowest BCUT2D eigenvalue weighted by atomic mass is 9.87. The minimum atomic E-state index is -0.312. The Balaban J connectivity index is 1.45. The number of urea groups is 1. The summed E-state index contributed by atoms with van der Waals surface area (Å²) >= 11 is 1.44. The average Bonchev–Trinajstić information content (AvgIpc) is 3.37. The van der Waals surface area contributed by atoms with Gasteiger partial charge in [0, 0.05) is 23.6 Å². The predicted octanol–water partition coefficient (Wildman–Crippen LogP) is 5.89. The van der Waals surface area contributed by atoms with Crippen molar-refractivity contribution >= 4 is 40.3 Å². The lowest BCUT2D eigenvalue weighted by Crippen LogP contribution is -2.28. The van der Waals surface area contributed by atoms with E-state index in [1.807, 2.05) is 60.0 Å². The molecule has 6 heteroatoms. The van der Waals surface area contributed by atoms with Crippen molar-refractivity contribution < 1.29 is 9.59 Å². The van der Waals surface area contributed by atoms with E-state index in [9.17, 15) is 9.59 Å². The first-order valence-corrected chi connectivity index (χ1v) is 10.9. The largest absolute Gasteiger partial charge is 0.323 e. The predicted molar refractivity (Wildman–Crippen MR) is 124 cm³/mol. The van der Waals surface area contributed by atoms with E-state index in [1.54, 1.807) is 4.90 Å². The lowest BCUT2D eigenvalue weighted by molar-refractivity contribution is 0.0993. The van der Waals surface area contributed by atoms with E-state index in [0.717, 1.165) is 28.2 Å². The number of nitrogens with one attached hydrogen (secondary N) is 2. The van der Waals surface area contributed by atoms with Crippen LogP contribution in [0, 0.1) is 0 Å². The summed E-state index contributed by atoms with van der Waals surface area (Å²) in [6, 6.07) is 17.0. The molecule has 0 aliphatic carbocycles. The molecule has 1 aliphatic heterocycles. The first-order valence-electron chi connectivity index (χ1n) is 9.98. The second-order valence-corrected chi connectivity index (χ2v) is 9.38. The van der Waals surface area contributed by atoms with E-state index in [0.29, 0.717) is 12.2 Å². The zero-order chi connectivity index (χ0) is 21.3. The maximum Gasteiger partial charge on any atom is 0.323 e. The molecule has 2 N–H and O–H groups in total. The summed E-state index contributed by atoms with van der Waals surface area (Å²) in [4.78, 5) is 27.8. The molecule has 5 nitrogen and oxygen atoms in total. The zero-order valence-electron chi connectivity index (χ0n) is 17.4. The van der Waals surface area contributed by atoms with Gasteiger partial charge in [0.25, 0.3) is 5.91 Å². The van der Waals surface area contributed by atoms with Gasteiger partial charge in [-0.1, -0.05) is 45.0 Å². The highest BCUT2D eigenvalue weighted by Crippen LogP contribution is 2.32. The van der Waals surface area contributed by atoms with Gasteiger partial charge in [-0.2, -0.15) is 0 Å². The summed E-state index contributed by atoms with van der Waals surface area (Å²) in [5, 5.41) is 7.64. The molecule has 0 unspecified atom stereocenters. The number of hydrogen-bond donors (Lipinski definition) is 2. The van der Waals surface area contributed by atoms with Crippen molar-refractivity contribution in [1.29, 1.82) is 0 Å². The summed E-state index contributed by atoms with van der Waals surface area (Å²) in [7, 11) is 0. The second kappa shape index (κ2) is 7.95. The van der Waals surface area contributed by atoms with Gasteiger partial charge in [0.15, 0.2) is 0 Å². The molecule has 1 aromatic heterocycles. The second-order valence-electron chi connectivity index (χ2n) is 8.43. The molecule has 2 heterocycles. The molecule has 30 heavy (non-hydrogen) atoms. The van der Waals surface area contributed by atoms with Gasteiger partial charge in [-0.25, -0.2) is 4.79 Å². The van der Waals surface area contributed by atoms with Crippen LogP contribution in [0.15, 0.2) is 60.0 Å². The number of carbonyl (C=O) groups excluding carboxylic acids is 2. The number of carbonyl (C=O) groups is 2. The highest BCUT2D eigenvalue weighted by molar-refractivity contribution is 7.12. The van der Waals surface area contributed by atoms with E-state index < -0.39 is 0 Å². The highest BCUT2D eigenvalue weighted by Gasteiger charge is 2.26. The van der Waals surface area contributed by atoms with Gasteiger partial charge in [0.05, 0.1) is 4.88 Å². The average molecular weight is 420 g/mol. The van der Waals surface area contributed by atoms with Crippen LogP contribution in [-0.4, -0.2) is 18.5 Å². The molecule has 0 saturated carbocycles. The maximum atomic E-state index is 12.8. The van der Waals surface area contributed by atoms with Crippen molar-refractivity contribution in [3.8, 4) is 0 Å². The Bertz CT molecular complexity index is 1070. The van der Waals surface area contributed by atoms with E-state index >= 15 is 0 Å².